The van der Waals surface area contributed by atoms with Crippen LogP contribution < -0.4 is 31.6 Å². The third kappa shape index (κ3) is 12.6. The number of amides is 1. The molecule has 0 aliphatic carbocycles. The van der Waals surface area contributed by atoms with Gasteiger partial charge in [-0.25, -0.2) is 9.38 Å². The maximum atomic E-state index is 14.9. The van der Waals surface area contributed by atoms with E-state index in [0.29, 0.717) is 13.2 Å². The summed E-state index contributed by atoms with van der Waals surface area (Å²) >= 11 is 0. The molecule has 238 valence electrons. The van der Waals surface area contributed by atoms with Gasteiger partial charge in [0, 0.05) is 18.7 Å². The predicted octanol–water partition coefficient (Wildman–Crippen LogP) is 5.12. The van der Waals surface area contributed by atoms with E-state index in [9.17, 15) is 9.18 Å². The fourth-order valence-electron chi connectivity index (χ4n) is 5.75. The predicted molar refractivity (Wildman–Crippen MR) is 174 cm³/mol. The summed E-state index contributed by atoms with van der Waals surface area (Å²) in [6.07, 6.45) is 20.4. The summed E-state index contributed by atoms with van der Waals surface area (Å²) < 4.78 is 20.7. The van der Waals surface area contributed by atoms with Crippen LogP contribution in [0.4, 0.5) is 10.1 Å². The molecule has 2 aromatic carbocycles. The maximum Gasteiger partial charge on any atom is 0.224 e. The minimum atomic E-state index is -0.375. The van der Waals surface area contributed by atoms with Crippen LogP contribution >= 0.6 is 0 Å². The third-order valence-electron chi connectivity index (χ3n) is 8.68. The summed E-state index contributed by atoms with van der Waals surface area (Å²) in [5.74, 6) is -0.162. The van der Waals surface area contributed by atoms with Gasteiger partial charge >= 0.3 is 0 Å². The zero-order valence-corrected chi connectivity index (χ0v) is 28.6. The Morgan fingerprint density at radius 3 is 2.19 bits per heavy atom. The molecule has 0 saturated heterocycles. The van der Waals surface area contributed by atoms with E-state index in [2.05, 4.69) is 44.0 Å². The number of carbonyl (C=O) groups excluding carboxylic acids is 1. The van der Waals surface area contributed by atoms with E-state index in [0.717, 1.165) is 37.1 Å². The van der Waals surface area contributed by atoms with Crippen molar-refractivity contribution >= 4 is 17.8 Å². The number of unbranched alkanes of at least 4 members (excludes halogenated alkanes) is 11. The van der Waals surface area contributed by atoms with Crippen molar-refractivity contribution < 1.29 is 35.9 Å². The summed E-state index contributed by atoms with van der Waals surface area (Å²) in [5, 5.41) is 0. The number of anilines is 1. The van der Waals surface area contributed by atoms with E-state index in [-0.39, 0.29) is 39.9 Å². The van der Waals surface area contributed by atoms with E-state index in [1.54, 1.807) is 17.9 Å². The Balaban J connectivity index is 0.00000645. The summed E-state index contributed by atoms with van der Waals surface area (Å²) in [7, 11) is 0. The molecule has 0 spiro atoms. The number of halogens is 2. The first-order valence-electron chi connectivity index (χ1n) is 16.3. The quantitative estimate of drug-likeness (QED) is 0.213. The zero-order chi connectivity index (χ0) is 30.2. The molecule has 0 aromatic heterocycles. The van der Waals surface area contributed by atoms with Gasteiger partial charge in [-0.15, -0.1) is 0 Å². The molecule has 1 atom stereocenters. The van der Waals surface area contributed by atoms with Crippen molar-refractivity contribution in [2.45, 2.75) is 118 Å². The Kier molecular flexibility index (Phi) is 16.9. The van der Waals surface area contributed by atoms with Crippen LogP contribution in [0.3, 0.4) is 0 Å². The molecular weight excluding hydrogens is 603 g/mol. The summed E-state index contributed by atoms with van der Waals surface area (Å²) in [6, 6.07) is 13.2. The van der Waals surface area contributed by atoms with Crippen LogP contribution in [0.5, 0.6) is 5.75 Å². The van der Waals surface area contributed by atoms with Crippen molar-refractivity contribution in [3.05, 3.63) is 71.1 Å². The Labute approximate surface area is 271 Å². The van der Waals surface area contributed by atoms with Crippen LogP contribution in [-0.4, -0.2) is 25.3 Å². The summed E-state index contributed by atoms with van der Waals surface area (Å²) in [6.45, 7) is 9.97. The van der Waals surface area contributed by atoms with Gasteiger partial charge in [0.15, 0.2) is 17.8 Å². The average molecular weight is 658 g/mol. The van der Waals surface area contributed by atoms with E-state index in [4.69, 9.17) is 4.74 Å². The molecule has 1 unspecified atom stereocenters. The van der Waals surface area contributed by atoms with Crippen molar-refractivity contribution in [2.24, 2.45) is 5.41 Å². The van der Waals surface area contributed by atoms with Crippen LogP contribution in [0.25, 0.3) is 0 Å². The molecule has 1 heterocycles. The number of nitrogens with one attached hydrogen (secondary N) is 1. The molecule has 1 N–H and O–H groups in total. The molecule has 2 aromatic rings. The largest absolute Gasteiger partial charge is 1.00 e. The fraction of sp³-hybridized carbons (Fsp3) is 0.568. The topological polar surface area (TPSA) is 43.5 Å². The maximum absolute atomic E-state index is 14.9. The number of hydrogen-bond acceptors (Lipinski definition) is 2. The first-order chi connectivity index (χ1) is 20.3. The second-order valence-electron chi connectivity index (χ2n) is 12.4. The van der Waals surface area contributed by atoms with Crippen LogP contribution in [0.1, 0.15) is 116 Å². The molecule has 0 radical (unpaired) electrons. The van der Waals surface area contributed by atoms with Gasteiger partial charge in [-0.1, -0.05) is 101 Å². The molecule has 6 heteroatoms. The molecule has 4 nitrogen and oxygen atoms in total. The average Bonchev–Trinajstić information content (AvgIpc) is 2.96. The number of allylic oxidation sites excluding steroid dienone is 1. The van der Waals surface area contributed by atoms with Crippen molar-refractivity contribution in [3.63, 3.8) is 0 Å². The highest BCUT2D eigenvalue weighted by molar-refractivity contribution is 5.91. The summed E-state index contributed by atoms with van der Waals surface area (Å²) in [5.41, 5.74) is 4.09. The van der Waals surface area contributed by atoms with Crippen molar-refractivity contribution in [1.29, 1.82) is 0 Å². The third-order valence-corrected chi connectivity index (χ3v) is 8.68. The minimum absolute atomic E-state index is 0. The SMILES string of the molecule is CCCCCCCCCCCCCCOc1ccc(CN(C(C)=O)c2cccc(CC3(C)C[NH+]=CC=C3C)c2)cc1F.[Br-]. The van der Waals surface area contributed by atoms with E-state index < -0.39 is 0 Å². The van der Waals surface area contributed by atoms with Crippen molar-refractivity contribution in [2.75, 3.05) is 18.1 Å². The van der Waals surface area contributed by atoms with Gasteiger partial charge in [-0.3, -0.25) is 4.79 Å². The molecule has 1 aliphatic heterocycles. The molecule has 0 fully saturated rings. The van der Waals surface area contributed by atoms with Gasteiger partial charge in [0.05, 0.1) is 18.6 Å². The number of benzene rings is 2. The number of nitrogens with zero attached hydrogens (tertiary/aromatic N) is 1. The van der Waals surface area contributed by atoms with Crippen LogP contribution in [-0.2, 0) is 17.8 Å². The number of hydrogen-bond donors (Lipinski definition) is 1. The first kappa shape index (κ1) is 36.7. The van der Waals surface area contributed by atoms with Crippen LogP contribution in [0.2, 0.25) is 0 Å². The van der Waals surface area contributed by atoms with E-state index in [1.807, 2.05) is 24.4 Å². The lowest BCUT2D eigenvalue weighted by Crippen LogP contribution is -3.00. The normalized spacial score (nSPS) is 16.0. The highest BCUT2D eigenvalue weighted by atomic mass is 79.9. The fourth-order valence-corrected chi connectivity index (χ4v) is 5.75. The minimum Gasteiger partial charge on any atom is -1.00 e. The number of rotatable bonds is 19. The van der Waals surface area contributed by atoms with E-state index >= 15 is 0 Å². The highest BCUT2D eigenvalue weighted by Gasteiger charge is 2.31. The molecular formula is C37H54BrFN2O2. The lowest BCUT2D eigenvalue weighted by atomic mass is 9.76. The standard InChI is InChI=1S/C37H53FN2O2.BrH/c1-5-6-7-8-9-10-11-12-13-14-15-16-24-42-36-21-20-33(26-35(36)38)28-40(31(3)41)34-19-17-18-32(25-34)27-37(4)29-39-23-22-30(37)2;/h17-23,25-26H,5-16,24,27-29H2,1-4H3;1H. The Bertz CT molecular complexity index is 1180. The monoisotopic (exact) mass is 656 g/mol. The summed E-state index contributed by atoms with van der Waals surface area (Å²) in [4.78, 5) is 17.7. The number of ether oxygens (including phenoxy) is 1. The zero-order valence-electron chi connectivity index (χ0n) is 27.0. The molecule has 0 bridgehead atoms. The van der Waals surface area contributed by atoms with Gasteiger partial charge in [-0.2, -0.15) is 0 Å². The Morgan fingerprint density at radius 1 is 0.930 bits per heavy atom. The van der Waals surface area contributed by atoms with Gasteiger partial charge in [0.2, 0.25) is 5.91 Å². The molecule has 0 saturated carbocycles. The first-order valence-corrected chi connectivity index (χ1v) is 16.3. The van der Waals surface area contributed by atoms with Gasteiger partial charge in [0.25, 0.3) is 0 Å². The second-order valence-corrected chi connectivity index (χ2v) is 12.4. The van der Waals surface area contributed by atoms with Gasteiger partial charge in [0.1, 0.15) is 6.54 Å². The molecule has 43 heavy (non-hydrogen) atoms. The van der Waals surface area contributed by atoms with Crippen LogP contribution in [0.15, 0.2) is 54.1 Å². The lowest BCUT2D eigenvalue weighted by Gasteiger charge is -2.29. The molecule has 3 rings (SSSR count). The lowest BCUT2D eigenvalue weighted by molar-refractivity contribution is -0.469. The second kappa shape index (κ2) is 19.7. The molecule has 1 amide bonds. The van der Waals surface area contributed by atoms with E-state index in [1.165, 1.54) is 81.4 Å². The van der Waals surface area contributed by atoms with Crippen molar-refractivity contribution in [1.82, 2.24) is 0 Å². The van der Waals surface area contributed by atoms with Crippen molar-refractivity contribution in [3.8, 4) is 5.75 Å². The Morgan fingerprint density at radius 2 is 1.58 bits per heavy atom. The smallest absolute Gasteiger partial charge is 0.224 e. The Hall–Kier alpha value is -2.47. The van der Waals surface area contributed by atoms with Gasteiger partial charge < -0.3 is 26.6 Å². The molecule has 1 aliphatic rings. The highest BCUT2D eigenvalue weighted by Crippen LogP contribution is 2.32. The van der Waals surface area contributed by atoms with Crippen LogP contribution in [0, 0.1) is 11.2 Å². The number of carbonyl (C=O) groups is 1. The van der Waals surface area contributed by atoms with Gasteiger partial charge in [-0.05, 0) is 62.1 Å².